The number of aromatic hydroxyl groups is 1. The Morgan fingerprint density at radius 3 is 2.29 bits per heavy atom. The Balaban J connectivity index is 2.63. The zero-order valence-electron chi connectivity index (χ0n) is 11.4. The van der Waals surface area contributed by atoms with Gasteiger partial charge in [0.05, 0.1) is 5.75 Å². The van der Waals surface area contributed by atoms with Crippen LogP contribution in [0.4, 0.5) is 0 Å². The second-order valence-electron chi connectivity index (χ2n) is 4.71. The molecule has 1 aromatic rings. The molecule has 0 spiro atoms. The lowest BCUT2D eigenvalue weighted by molar-refractivity contribution is -0.141. The summed E-state index contributed by atoms with van der Waals surface area (Å²) in [5.41, 5.74) is 0.628. The van der Waals surface area contributed by atoms with Crippen molar-refractivity contribution in [3.63, 3.8) is 0 Å². The summed E-state index contributed by atoms with van der Waals surface area (Å²) in [4.78, 5) is 22.7. The number of carbonyl (C=O) groups is 2. The summed E-state index contributed by atoms with van der Waals surface area (Å²) in [6.45, 7) is 0. The van der Waals surface area contributed by atoms with Gasteiger partial charge in [0, 0.05) is 19.1 Å². The quantitative estimate of drug-likeness (QED) is 0.648. The van der Waals surface area contributed by atoms with Gasteiger partial charge in [-0.2, -0.15) is 0 Å². The summed E-state index contributed by atoms with van der Waals surface area (Å²) in [5, 5.41) is 20.5. The third-order valence-electron chi connectivity index (χ3n) is 2.71. The number of amides is 1. The van der Waals surface area contributed by atoms with E-state index in [0.717, 1.165) is 6.26 Å². The second kappa shape index (κ2) is 7.07. The first-order valence-corrected chi connectivity index (χ1v) is 8.21. The van der Waals surface area contributed by atoms with Gasteiger partial charge in [-0.25, -0.2) is 13.2 Å². The molecule has 0 saturated heterocycles. The first kappa shape index (κ1) is 17.0. The zero-order valence-corrected chi connectivity index (χ0v) is 12.3. The third-order valence-corrected chi connectivity index (χ3v) is 3.66. The van der Waals surface area contributed by atoms with Crippen LogP contribution in [0.25, 0.3) is 0 Å². The molecule has 0 heterocycles. The number of phenols is 1. The maximum absolute atomic E-state index is 11.6. The van der Waals surface area contributed by atoms with Gasteiger partial charge in [-0.3, -0.25) is 4.79 Å². The van der Waals surface area contributed by atoms with Crippen molar-refractivity contribution in [1.82, 2.24) is 5.32 Å². The van der Waals surface area contributed by atoms with Crippen LogP contribution in [0.2, 0.25) is 0 Å². The molecule has 7 nitrogen and oxygen atoms in total. The van der Waals surface area contributed by atoms with Gasteiger partial charge in [0.1, 0.15) is 21.6 Å². The molecule has 1 rings (SSSR count). The number of hydrogen-bond acceptors (Lipinski definition) is 5. The van der Waals surface area contributed by atoms with Gasteiger partial charge in [0.25, 0.3) is 0 Å². The van der Waals surface area contributed by atoms with Crippen molar-refractivity contribution in [2.24, 2.45) is 0 Å². The molecule has 21 heavy (non-hydrogen) atoms. The fourth-order valence-electron chi connectivity index (χ4n) is 1.61. The molecular formula is C13H17NO6S. The molecule has 0 aliphatic rings. The fourth-order valence-corrected chi connectivity index (χ4v) is 2.17. The highest BCUT2D eigenvalue weighted by molar-refractivity contribution is 7.90. The van der Waals surface area contributed by atoms with E-state index in [9.17, 15) is 18.0 Å². The van der Waals surface area contributed by atoms with E-state index in [4.69, 9.17) is 10.2 Å². The van der Waals surface area contributed by atoms with E-state index >= 15 is 0 Å². The van der Waals surface area contributed by atoms with E-state index in [-0.39, 0.29) is 24.3 Å². The van der Waals surface area contributed by atoms with Crippen molar-refractivity contribution in [1.29, 1.82) is 0 Å². The number of nitrogens with one attached hydrogen (secondary N) is 1. The predicted octanol–water partition coefficient (Wildman–Crippen LogP) is -0.0612. The molecule has 1 amide bonds. The number of carbonyl (C=O) groups excluding carboxylic acids is 1. The molecule has 1 aromatic carbocycles. The van der Waals surface area contributed by atoms with Gasteiger partial charge in [0.2, 0.25) is 5.91 Å². The Bertz CT molecular complexity index is 608. The monoisotopic (exact) mass is 315 g/mol. The van der Waals surface area contributed by atoms with E-state index < -0.39 is 27.8 Å². The maximum atomic E-state index is 11.6. The van der Waals surface area contributed by atoms with Crippen LogP contribution in [0, 0.1) is 0 Å². The smallest absolute Gasteiger partial charge is 0.326 e. The summed E-state index contributed by atoms with van der Waals surface area (Å²) in [5.74, 6) is -2.12. The third kappa shape index (κ3) is 6.75. The number of carboxylic acids is 1. The number of hydrogen-bond donors (Lipinski definition) is 3. The van der Waals surface area contributed by atoms with Crippen LogP contribution >= 0.6 is 0 Å². The minimum atomic E-state index is -3.27. The van der Waals surface area contributed by atoms with Crippen LogP contribution in [0.3, 0.4) is 0 Å². The molecule has 0 fully saturated rings. The molecule has 116 valence electrons. The molecule has 0 bridgehead atoms. The van der Waals surface area contributed by atoms with Gasteiger partial charge in [-0.05, 0) is 17.7 Å². The van der Waals surface area contributed by atoms with Crippen molar-refractivity contribution >= 4 is 21.7 Å². The van der Waals surface area contributed by atoms with Crippen LogP contribution in [0.5, 0.6) is 5.75 Å². The Morgan fingerprint density at radius 1 is 1.24 bits per heavy atom. The average Bonchev–Trinajstić information content (AvgIpc) is 2.37. The van der Waals surface area contributed by atoms with E-state index in [2.05, 4.69) is 5.32 Å². The first-order valence-electron chi connectivity index (χ1n) is 6.15. The predicted molar refractivity (Wildman–Crippen MR) is 75.7 cm³/mol. The summed E-state index contributed by atoms with van der Waals surface area (Å²) >= 11 is 0. The van der Waals surface area contributed by atoms with Gasteiger partial charge in [-0.1, -0.05) is 12.1 Å². The Morgan fingerprint density at radius 2 is 1.81 bits per heavy atom. The number of aliphatic carboxylic acids is 1. The topological polar surface area (TPSA) is 121 Å². The van der Waals surface area contributed by atoms with Crippen LogP contribution in [-0.4, -0.2) is 48.6 Å². The van der Waals surface area contributed by atoms with E-state index in [1.807, 2.05) is 0 Å². The SMILES string of the molecule is CS(=O)(=O)CCC(=O)NC(Cc1ccc(O)cc1)C(=O)O. The largest absolute Gasteiger partial charge is 0.508 e. The van der Waals surface area contributed by atoms with Crippen molar-refractivity contribution in [3.8, 4) is 5.75 Å². The van der Waals surface area contributed by atoms with Crippen LogP contribution in [0.15, 0.2) is 24.3 Å². The number of carboxylic acid groups (broad SMARTS) is 1. The van der Waals surface area contributed by atoms with Crippen molar-refractivity contribution in [2.75, 3.05) is 12.0 Å². The summed E-state index contributed by atoms with van der Waals surface area (Å²) < 4.78 is 21.9. The normalized spacial score (nSPS) is 12.6. The van der Waals surface area contributed by atoms with Crippen LogP contribution in [0.1, 0.15) is 12.0 Å². The Kier molecular flexibility index (Phi) is 5.71. The molecule has 0 aromatic heterocycles. The fraction of sp³-hybridized carbons (Fsp3) is 0.385. The molecule has 3 N–H and O–H groups in total. The highest BCUT2D eigenvalue weighted by Gasteiger charge is 2.21. The zero-order chi connectivity index (χ0) is 16.0. The lowest BCUT2D eigenvalue weighted by atomic mass is 10.1. The van der Waals surface area contributed by atoms with Gasteiger partial charge in [-0.15, -0.1) is 0 Å². The molecular weight excluding hydrogens is 298 g/mol. The molecule has 0 aliphatic heterocycles. The highest BCUT2D eigenvalue weighted by atomic mass is 32.2. The number of sulfone groups is 1. The van der Waals surface area contributed by atoms with Gasteiger partial charge in [0.15, 0.2) is 0 Å². The highest BCUT2D eigenvalue weighted by Crippen LogP contribution is 2.11. The number of benzene rings is 1. The first-order chi connectivity index (χ1) is 9.67. The Hall–Kier alpha value is -2.09. The standard InChI is InChI=1S/C13H17NO6S/c1-21(19,20)7-6-12(16)14-11(13(17)18)8-9-2-4-10(15)5-3-9/h2-5,11,15H,6-8H2,1H3,(H,14,16)(H,17,18). The van der Waals surface area contributed by atoms with Crippen molar-refractivity contribution in [3.05, 3.63) is 29.8 Å². The summed E-state index contributed by atoms with van der Waals surface area (Å²) in [6.07, 6.45) is 0.768. The molecule has 8 heteroatoms. The lowest BCUT2D eigenvalue weighted by Gasteiger charge is -2.14. The number of rotatable bonds is 7. The minimum Gasteiger partial charge on any atom is -0.508 e. The van der Waals surface area contributed by atoms with Crippen LogP contribution < -0.4 is 5.32 Å². The van der Waals surface area contributed by atoms with Gasteiger partial charge < -0.3 is 15.5 Å². The average molecular weight is 315 g/mol. The molecule has 0 radical (unpaired) electrons. The molecule has 1 unspecified atom stereocenters. The second-order valence-corrected chi connectivity index (χ2v) is 6.97. The Labute approximate surface area is 122 Å². The lowest BCUT2D eigenvalue weighted by Crippen LogP contribution is -2.42. The van der Waals surface area contributed by atoms with Gasteiger partial charge >= 0.3 is 5.97 Å². The number of phenolic OH excluding ortho intramolecular Hbond substituents is 1. The van der Waals surface area contributed by atoms with Crippen molar-refractivity contribution < 1.29 is 28.2 Å². The van der Waals surface area contributed by atoms with Crippen molar-refractivity contribution in [2.45, 2.75) is 18.9 Å². The molecule has 0 aliphatic carbocycles. The van der Waals surface area contributed by atoms with E-state index in [0.29, 0.717) is 5.56 Å². The summed E-state index contributed by atoms with van der Waals surface area (Å²) in [6, 6.07) is 4.78. The van der Waals surface area contributed by atoms with E-state index in [1.165, 1.54) is 12.1 Å². The maximum Gasteiger partial charge on any atom is 0.326 e. The van der Waals surface area contributed by atoms with E-state index in [1.54, 1.807) is 12.1 Å². The molecule has 1 atom stereocenters. The van der Waals surface area contributed by atoms with Crippen LogP contribution in [-0.2, 0) is 25.8 Å². The minimum absolute atomic E-state index is 0.0419. The molecule has 0 saturated carbocycles. The summed E-state index contributed by atoms with van der Waals surface area (Å²) in [7, 11) is -3.27.